The molecular formula is C9H14N2O3S2. The monoisotopic (exact) mass is 262 g/mol. The van der Waals surface area contributed by atoms with Gasteiger partial charge in [0.05, 0.1) is 11.4 Å². The minimum atomic E-state index is -3.05. The summed E-state index contributed by atoms with van der Waals surface area (Å²) < 4.78 is 21.9. The highest BCUT2D eigenvalue weighted by atomic mass is 32.2. The van der Waals surface area contributed by atoms with Crippen LogP contribution in [-0.4, -0.2) is 44.8 Å². The fourth-order valence-electron chi connectivity index (χ4n) is 1.07. The molecule has 0 aliphatic rings. The molecule has 2 N–H and O–H groups in total. The molecule has 0 saturated carbocycles. The average molecular weight is 262 g/mol. The van der Waals surface area contributed by atoms with Gasteiger partial charge in [-0.15, -0.1) is 11.3 Å². The minimum Gasteiger partial charge on any atom is -0.397 e. The summed E-state index contributed by atoms with van der Waals surface area (Å²) in [6.07, 6.45) is 1.14. The third kappa shape index (κ3) is 3.49. The molecule has 1 aromatic heterocycles. The summed E-state index contributed by atoms with van der Waals surface area (Å²) in [4.78, 5) is 13.6. The van der Waals surface area contributed by atoms with Crippen LogP contribution in [0.5, 0.6) is 0 Å². The lowest BCUT2D eigenvalue weighted by atomic mass is 10.3. The van der Waals surface area contributed by atoms with Crippen molar-refractivity contribution < 1.29 is 13.2 Å². The van der Waals surface area contributed by atoms with Gasteiger partial charge in [-0.3, -0.25) is 4.79 Å². The number of rotatable bonds is 4. The lowest BCUT2D eigenvalue weighted by Crippen LogP contribution is -2.31. The molecule has 0 atom stereocenters. The molecule has 1 rings (SSSR count). The summed E-state index contributed by atoms with van der Waals surface area (Å²) in [6, 6.07) is 1.66. The van der Waals surface area contributed by atoms with Crippen molar-refractivity contribution in [3.8, 4) is 0 Å². The summed E-state index contributed by atoms with van der Waals surface area (Å²) in [6.45, 7) is 0.176. The minimum absolute atomic E-state index is 0.0412. The van der Waals surface area contributed by atoms with Crippen molar-refractivity contribution >= 4 is 32.8 Å². The van der Waals surface area contributed by atoms with Crippen LogP contribution in [0.2, 0.25) is 0 Å². The van der Waals surface area contributed by atoms with Gasteiger partial charge in [-0.1, -0.05) is 0 Å². The molecule has 0 unspecified atom stereocenters. The number of nitrogen functional groups attached to an aromatic ring is 1. The fraction of sp³-hybridized carbons (Fsp3) is 0.444. The summed E-state index contributed by atoms with van der Waals surface area (Å²) in [5, 5.41) is 1.73. The molecule has 0 saturated heterocycles. The third-order valence-corrected chi connectivity index (χ3v) is 3.88. The van der Waals surface area contributed by atoms with E-state index in [0.717, 1.165) is 6.26 Å². The quantitative estimate of drug-likeness (QED) is 0.854. The summed E-state index contributed by atoms with van der Waals surface area (Å²) in [7, 11) is -1.49. The smallest absolute Gasteiger partial charge is 0.265 e. The fourth-order valence-corrected chi connectivity index (χ4v) is 2.49. The van der Waals surface area contributed by atoms with E-state index in [1.54, 1.807) is 18.5 Å². The summed E-state index contributed by atoms with van der Waals surface area (Å²) >= 11 is 1.25. The van der Waals surface area contributed by atoms with Gasteiger partial charge in [0, 0.05) is 19.8 Å². The average Bonchev–Trinajstić information content (AvgIpc) is 2.58. The number of hydrogen-bond acceptors (Lipinski definition) is 5. The Bertz CT molecular complexity index is 479. The first-order chi connectivity index (χ1) is 7.31. The van der Waals surface area contributed by atoms with Crippen molar-refractivity contribution in [3.05, 3.63) is 16.3 Å². The van der Waals surface area contributed by atoms with Crippen LogP contribution in [0.15, 0.2) is 11.4 Å². The third-order valence-electron chi connectivity index (χ3n) is 2.03. The van der Waals surface area contributed by atoms with Gasteiger partial charge < -0.3 is 10.6 Å². The zero-order valence-electron chi connectivity index (χ0n) is 9.13. The van der Waals surface area contributed by atoms with Gasteiger partial charge >= 0.3 is 0 Å². The van der Waals surface area contributed by atoms with Crippen molar-refractivity contribution in [2.45, 2.75) is 0 Å². The first-order valence-electron chi connectivity index (χ1n) is 4.57. The molecule has 1 aromatic rings. The Hall–Kier alpha value is -1.08. The molecule has 0 aromatic carbocycles. The van der Waals surface area contributed by atoms with E-state index in [1.165, 1.54) is 16.2 Å². The Kier molecular flexibility index (Phi) is 3.93. The van der Waals surface area contributed by atoms with Crippen LogP contribution < -0.4 is 5.73 Å². The number of thiophene rings is 1. The van der Waals surface area contributed by atoms with E-state index >= 15 is 0 Å². The van der Waals surface area contributed by atoms with Gasteiger partial charge in [-0.2, -0.15) is 0 Å². The van der Waals surface area contributed by atoms with Gasteiger partial charge in [0.25, 0.3) is 5.91 Å². The molecular weight excluding hydrogens is 248 g/mol. The van der Waals surface area contributed by atoms with E-state index in [-0.39, 0.29) is 18.2 Å². The maximum Gasteiger partial charge on any atom is 0.265 e. The molecule has 0 fully saturated rings. The SMILES string of the molecule is CN(CCS(C)(=O)=O)C(=O)c1sccc1N. The number of nitrogens with two attached hydrogens (primary N) is 1. The second-order valence-electron chi connectivity index (χ2n) is 3.56. The van der Waals surface area contributed by atoms with E-state index in [2.05, 4.69) is 0 Å². The number of hydrogen-bond donors (Lipinski definition) is 1. The van der Waals surface area contributed by atoms with Gasteiger partial charge in [-0.05, 0) is 11.4 Å². The van der Waals surface area contributed by atoms with Crippen molar-refractivity contribution in [2.75, 3.05) is 31.3 Å². The van der Waals surface area contributed by atoms with E-state index in [0.29, 0.717) is 10.6 Å². The Balaban J connectivity index is 2.66. The highest BCUT2D eigenvalue weighted by Gasteiger charge is 2.17. The van der Waals surface area contributed by atoms with Crippen LogP contribution in [0.3, 0.4) is 0 Å². The largest absolute Gasteiger partial charge is 0.397 e. The zero-order chi connectivity index (χ0) is 12.3. The first kappa shape index (κ1) is 13.0. The Morgan fingerprint density at radius 2 is 2.19 bits per heavy atom. The van der Waals surface area contributed by atoms with Gasteiger partial charge in [0.2, 0.25) is 0 Å². The highest BCUT2D eigenvalue weighted by Crippen LogP contribution is 2.20. The number of carbonyl (C=O) groups is 1. The molecule has 1 amide bonds. The number of sulfone groups is 1. The number of nitrogens with zero attached hydrogens (tertiary/aromatic N) is 1. The molecule has 1 heterocycles. The Morgan fingerprint density at radius 1 is 1.56 bits per heavy atom. The van der Waals surface area contributed by atoms with E-state index in [1.807, 2.05) is 0 Å². The molecule has 0 aliphatic carbocycles. The maximum absolute atomic E-state index is 11.8. The van der Waals surface area contributed by atoms with Crippen LogP contribution in [-0.2, 0) is 9.84 Å². The van der Waals surface area contributed by atoms with Crippen LogP contribution >= 0.6 is 11.3 Å². The summed E-state index contributed by atoms with van der Waals surface area (Å²) in [5.41, 5.74) is 6.04. The number of amides is 1. The lowest BCUT2D eigenvalue weighted by Gasteiger charge is -2.15. The molecule has 90 valence electrons. The molecule has 7 heteroatoms. The maximum atomic E-state index is 11.8. The van der Waals surface area contributed by atoms with Crippen molar-refractivity contribution in [1.82, 2.24) is 4.90 Å². The standard InChI is InChI=1S/C9H14N2O3S2/c1-11(4-6-16(2,13)14)9(12)8-7(10)3-5-15-8/h3,5H,4,6,10H2,1-2H3. The molecule has 0 radical (unpaired) electrons. The van der Waals surface area contributed by atoms with Gasteiger partial charge in [-0.25, -0.2) is 8.42 Å². The van der Waals surface area contributed by atoms with Crippen molar-refractivity contribution in [3.63, 3.8) is 0 Å². The molecule has 5 nitrogen and oxygen atoms in total. The van der Waals surface area contributed by atoms with Crippen molar-refractivity contribution in [2.24, 2.45) is 0 Å². The van der Waals surface area contributed by atoms with Gasteiger partial charge in [0.15, 0.2) is 0 Å². The molecule has 0 spiro atoms. The molecule has 0 aliphatic heterocycles. The second-order valence-corrected chi connectivity index (χ2v) is 6.74. The zero-order valence-corrected chi connectivity index (χ0v) is 10.8. The number of anilines is 1. The van der Waals surface area contributed by atoms with E-state index < -0.39 is 9.84 Å². The van der Waals surface area contributed by atoms with Gasteiger partial charge in [0.1, 0.15) is 14.7 Å². The topological polar surface area (TPSA) is 80.5 Å². The molecule has 16 heavy (non-hydrogen) atoms. The predicted molar refractivity (Wildman–Crippen MR) is 65.4 cm³/mol. The van der Waals surface area contributed by atoms with Crippen LogP contribution in [0.1, 0.15) is 9.67 Å². The highest BCUT2D eigenvalue weighted by molar-refractivity contribution is 7.90. The van der Waals surface area contributed by atoms with E-state index in [9.17, 15) is 13.2 Å². The van der Waals surface area contributed by atoms with Crippen LogP contribution in [0.25, 0.3) is 0 Å². The summed E-state index contributed by atoms with van der Waals surface area (Å²) in [5.74, 6) is -0.281. The number of carbonyl (C=O) groups excluding carboxylic acids is 1. The predicted octanol–water partition coefficient (Wildman–Crippen LogP) is 0.447. The lowest BCUT2D eigenvalue weighted by molar-refractivity contribution is 0.0809. The van der Waals surface area contributed by atoms with Crippen LogP contribution in [0, 0.1) is 0 Å². The Morgan fingerprint density at radius 3 is 2.62 bits per heavy atom. The second kappa shape index (κ2) is 4.84. The van der Waals surface area contributed by atoms with E-state index in [4.69, 9.17) is 5.73 Å². The molecule has 0 bridgehead atoms. The van der Waals surface area contributed by atoms with Crippen LogP contribution in [0.4, 0.5) is 5.69 Å². The van der Waals surface area contributed by atoms with Crippen molar-refractivity contribution in [1.29, 1.82) is 0 Å². The normalized spacial score (nSPS) is 11.4. The Labute approximate surface area is 98.8 Å². The first-order valence-corrected chi connectivity index (χ1v) is 7.51.